The monoisotopic (exact) mass is 391 g/mol. The van der Waals surface area contributed by atoms with Crippen molar-refractivity contribution >= 4 is 21.8 Å². The molecule has 1 heterocycles. The Hall–Kier alpha value is -2.21. The van der Waals surface area contributed by atoms with E-state index in [0.717, 1.165) is 10.2 Å². The maximum absolute atomic E-state index is 12.2. The van der Waals surface area contributed by atoms with Gasteiger partial charge in [0.15, 0.2) is 24.2 Å². The molecule has 0 saturated carbocycles. The third-order valence-corrected chi connectivity index (χ3v) is 4.12. The van der Waals surface area contributed by atoms with Gasteiger partial charge in [-0.15, -0.1) is 0 Å². The van der Waals surface area contributed by atoms with E-state index >= 15 is 0 Å². The number of benzene rings is 2. The van der Waals surface area contributed by atoms with Crippen LogP contribution < -0.4 is 14.2 Å². The summed E-state index contributed by atoms with van der Waals surface area (Å²) < 4.78 is 18.0. The predicted octanol–water partition coefficient (Wildman–Crippen LogP) is 3.13. The van der Waals surface area contributed by atoms with Crippen molar-refractivity contribution in [2.45, 2.75) is 6.10 Å². The van der Waals surface area contributed by atoms with Crippen molar-refractivity contribution in [1.29, 1.82) is 0 Å². The predicted molar refractivity (Wildman–Crippen MR) is 93.6 cm³/mol. The average Bonchev–Trinajstić information content (AvgIpc) is 2.59. The minimum absolute atomic E-state index is 0.0167. The summed E-state index contributed by atoms with van der Waals surface area (Å²) in [6, 6.07) is 14.9. The van der Waals surface area contributed by atoms with E-state index in [1.54, 1.807) is 11.9 Å². The van der Waals surface area contributed by atoms with Gasteiger partial charge < -0.3 is 19.1 Å². The van der Waals surface area contributed by atoms with Crippen LogP contribution in [0.4, 0.5) is 0 Å². The van der Waals surface area contributed by atoms with E-state index in [1.807, 2.05) is 48.5 Å². The largest absolute Gasteiger partial charge is 0.486 e. The molecule has 5 nitrogen and oxygen atoms in total. The van der Waals surface area contributed by atoms with Gasteiger partial charge in [0.1, 0.15) is 12.4 Å². The first-order valence-electron chi connectivity index (χ1n) is 7.62. The van der Waals surface area contributed by atoms with Crippen LogP contribution in [0.1, 0.15) is 0 Å². The summed E-state index contributed by atoms with van der Waals surface area (Å²) in [6.45, 7) is 0.841. The van der Waals surface area contributed by atoms with Gasteiger partial charge in [0.2, 0.25) is 0 Å². The number of fused-ring (bicyclic) bond motifs is 1. The molecule has 0 N–H and O–H groups in total. The number of carbonyl (C=O) groups is 1. The zero-order chi connectivity index (χ0) is 16.9. The van der Waals surface area contributed by atoms with Gasteiger partial charge in [0, 0.05) is 11.5 Å². The van der Waals surface area contributed by atoms with Crippen molar-refractivity contribution in [3.05, 3.63) is 53.0 Å². The van der Waals surface area contributed by atoms with Gasteiger partial charge in [0.25, 0.3) is 5.91 Å². The van der Waals surface area contributed by atoms with E-state index in [1.165, 1.54) is 0 Å². The van der Waals surface area contributed by atoms with Crippen LogP contribution in [0.15, 0.2) is 53.0 Å². The highest BCUT2D eigenvalue weighted by Gasteiger charge is 2.23. The van der Waals surface area contributed by atoms with Crippen LogP contribution in [0.3, 0.4) is 0 Å². The van der Waals surface area contributed by atoms with Crippen molar-refractivity contribution in [1.82, 2.24) is 4.90 Å². The summed E-state index contributed by atoms with van der Waals surface area (Å²) in [7, 11) is 1.73. The second kappa shape index (κ2) is 7.57. The lowest BCUT2D eigenvalue weighted by atomic mass is 10.2. The molecule has 2 aromatic rings. The van der Waals surface area contributed by atoms with Gasteiger partial charge in [0.05, 0.1) is 6.54 Å². The van der Waals surface area contributed by atoms with Crippen LogP contribution in [0.25, 0.3) is 0 Å². The highest BCUT2D eigenvalue weighted by atomic mass is 79.9. The summed E-state index contributed by atoms with van der Waals surface area (Å²) in [4.78, 5) is 13.8. The topological polar surface area (TPSA) is 48.0 Å². The van der Waals surface area contributed by atoms with E-state index < -0.39 is 0 Å². The molecule has 6 heteroatoms. The molecule has 0 aromatic heterocycles. The fourth-order valence-corrected chi connectivity index (χ4v) is 2.75. The number of likely N-dealkylation sites (N-methyl/N-ethyl adjacent to an activating group) is 1. The molecule has 1 amide bonds. The number of halogens is 1. The van der Waals surface area contributed by atoms with Gasteiger partial charge >= 0.3 is 0 Å². The molecule has 0 radical (unpaired) electrons. The zero-order valence-corrected chi connectivity index (χ0v) is 14.9. The molecule has 2 aromatic carbocycles. The fraction of sp³-hybridized carbons (Fsp3) is 0.278. The van der Waals surface area contributed by atoms with Crippen molar-refractivity contribution < 1.29 is 19.0 Å². The minimum Gasteiger partial charge on any atom is -0.486 e. The Labute approximate surface area is 149 Å². The molecular formula is C18H18BrNO4. The maximum Gasteiger partial charge on any atom is 0.260 e. The third-order valence-electron chi connectivity index (χ3n) is 3.63. The summed E-state index contributed by atoms with van der Waals surface area (Å²) >= 11 is 3.37. The molecule has 0 saturated heterocycles. The summed E-state index contributed by atoms with van der Waals surface area (Å²) in [5.41, 5.74) is 0. The Morgan fingerprint density at radius 3 is 2.83 bits per heavy atom. The number of carbonyl (C=O) groups excluding carboxylic acids is 1. The number of hydrogen-bond acceptors (Lipinski definition) is 4. The highest BCUT2D eigenvalue weighted by Crippen LogP contribution is 2.30. The standard InChI is InChI=1S/C18H18BrNO4/c1-20(18(21)12-22-14-6-4-5-13(19)9-14)10-15-11-23-16-7-2-3-8-17(16)24-15/h2-9,15H,10-12H2,1H3. The van der Waals surface area contributed by atoms with E-state index in [-0.39, 0.29) is 18.6 Å². The average molecular weight is 392 g/mol. The summed E-state index contributed by atoms with van der Waals surface area (Å²) in [6.07, 6.45) is -0.195. The molecule has 0 bridgehead atoms. The zero-order valence-electron chi connectivity index (χ0n) is 13.3. The van der Waals surface area contributed by atoms with Crippen molar-refractivity contribution in [3.63, 3.8) is 0 Å². The van der Waals surface area contributed by atoms with Crippen LogP contribution >= 0.6 is 15.9 Å². The smallest absolute Gasteiger partial charge is 0.260 e. The molecule has 1 unspecified atom stereocenters. The molecule has 0 aliphatic carbocycles. The van der Waals surface area contributed by atoms with Gasteiger partial charge in [-0.3, -0.25) is 4.79 Å². The van der Waals surface area contributed by atoms with Crippen molar-refractivity contribution in [3.8, 4) is 17.2 Å². The van der Waals surface area contributed by atoms with Crippen LogP contribution in [0.5, 0.6) is 17.2 Å². The number of hydrogen-bond donors (Lipinski definition) is 0. The first-order valence-corrected chi connectivity index (χ1v) is 8.42. The van der Waals surface area contributed by atoms with E-state index in [0.29, 0.717) is 24.7 Å². The lowest BCUT2D eigenvalue weighted by Gasteiger charge is -2.29. The molecule has 126 valence electrons. The molecule has 1 aliphatic rings. The van der Waals surface area contributed by atoms with Crippen LogP contribution in [-0.4, -0.2) is 43.7 Å². The Balaban J connectivity index is 1.50. The molecule has 1 atom stereocenters. The number of ether oxygens (including phenoxy) is 3. The lowest BCUT2D eigenvalue weighted by molar-refractivity contribution is -0.133. The molecule has 24 heavy (non-hydrogen) atoms. The molecule has 3 rings (SSSR count). The van der Waals surface area contributed by atoms with Crippen LogP contribution in [-0.2, 0) is 4.79 Å². The van der Waals surface area contributed by atoms with Crippen molar-refractivity contribution in [2.75, 3.05) is 26.8 Å². The number of rotatable bonds is 5. The van der Waals surface area contributed by atoms with Crippen LogP contribution in [0.2, 0.25) is 0 Å². The Morgan fingerprint density at radius 1 is 1.25 bits per heavy atom. The van der Waals surface area contributed by atoms with Crippen LogP contribution in [0, 0.1) is 0 Å². The van der Waals surface area contributed by atoms with Gasteiger partial charge in [-0.25, -0.2) is 0 Å². The number of para-hydroxylation sites is 2. The Morgan fingerprint density at radius 2 is 2.04 bits per heavy atom. The quantitative estimate of drug-likeness (QED) is 0.785. The van der Waals surface area contributed by atoms with Gasteiger partial charge in [-0.05, 0) is 30.3 Å². The van der Waals surface area contributed by atoms with Gasteiger partial charge in [-0.2, -0.15) is 0 Å². The second-order valence-electron chi connectivity index (χ2n) is 5.52. The Bertz CT molecular complexity index is 722. The number of amides is 1. The third kappa shape index (κ3) is 4.20. The fourth-order valence-electron chi connectivity index (χ4n) is 2.37. The molecular weight excluding hydrogens is 374 g/mol. The summed E-state index contributed by atoms with van der Waals surface area (Å²) in [5.74, 6) is 1.98. The highest BCUT2D eigenvalue weighted by molar-refractivity contribution is 9.10. The lowest BCUT2D eigenvalue weighted by Crippen LogP contribution is -2.43. The van der Waals surface area contributed by atoms with E-state index in [9.17, 15) is 4.79 Å². The molecule has 0 fully saturated rings. The Kier molecular flexibility index (Phi) is 5.25. The normalized spacial score (nSPS) is 15.7. The summed E-state index contributed by atoms with van der Waals surface area (Å²) in [5, 5.41) is 0. The van der Waals surface area contributed by atoms with E-state index in [2.05, 4.69) is 15.9 Å². The van der Waals surface area contributed by atoms with Gasteiger partial charge in [-0.1, -0.05) is 34.1 Å². The first kappa shape index (κ1) is 16.6. The first-order chi connectivity index (χ1) is 11.6. The molecule has 1 aliphatic heterocycles. The second-order valence-corrected chi connectivity index (χ2v) is 6.43. The molecule has 0 spiro atoms. The maximum atomic E-state index is 12.2. The van der Waals surface area contributed by atoms with E-state index in [4.69, 9.17) is 14.2 Å². The number of nitrogens with zero attached hydrogens (tertiary/aromatic N) is 1. The minimum atomic E-state index is -0.195. The van der Waals surface area contributed by atoms with Crippen molar-refractivity contribution in [2.24, 2.45) is 0 Å². The SMILES string of the molecule is CN(CC1COc2ccccc2O1)C(=O)COc1cccc(Br)c1.